The van der Waals surface area contributed by atoms with Gasteiger partial charge in [0.15, 0.2) is 0 Å². The molecule has 1 heterocycles. The van der Waals surface area contributed by atoms with Crippen molar-refractivity contribution >= 4 is 65.0 Å². The highest BCUT2D eigenvalue weighted by molar-refractivity contribution is 5.99. The first-order chi connectivity index (χ1) is 39.2. The van der Waals surface area contributed by atoms with Crippen LogP contribution in [0.4, 0.5) is 0 Å². The van der Waals surface area contributed by atoms with E-state index in [9.17, 15) is 48.3 Å². The number of likely N-dealkylation sites (N-methyl/N-ethyl adjacent to an activating group) is 7. The fourth-order valence-electron chi connectivity index (χ4n) is 10.7. The number of amides is 11. The van der Waals surface area contributed by atoms with Crippen molar-refractivity contribution in [2.45, 2.75) is 238 Å². The molecule has 11 amide bonds. The number of aliphatic hydroxyl groups excluding tert-OH is 1. The minimum Gasteiger partial charge on any atom is -0.390 e. The van der Waals surface area contributed by atoms with Crippen LogP contribution in [0.25, 0.3) is 0 Å². The Kier molecular flexibility index (Phi) is 35.9. The average molecular weight is 1230 g/mol. The zero-order valence-electron chi connectivity index (χ0n) is 56.1. The van der Waals surface area contributed by atoms with Gasteiger partial charge in [-0.25, -0.2) is 0 Å². The fourth-order valence-corrected chi connectivity index (χ4v) is 10.7. The maximum atomic E-state index is 15.1. The zero-order valence-corrected chi connectivity index (χ0v) is 56.1. The Bertz CT molecular complexity index is 2330. The third kappa shape index (κ3) is 23.4. The first-order valence-electron chi connectivity index (χ1n) is 30.6. The number of nitrogens with one attached hydrogen (secondary N) is 4. The van der Waals surface area contributed by atoms with Gasteiger partial charge in [0.2, 0.25) is 65.0 Å². The van der Waals surface area contributed by atoms with E-state index in [0.29, 0.717) is 6.42 Å². The van der Waals surface area contributed by atoms with Crippen molar-refractivity contribution in [2.24, 2.45) is 41.4 Å². The summed E-state index contributed by atoms with van der Waals surface area (Å²) in [5.74, 6) is -9.71. The van der Waals surface area contributed by atoms with E-state index in [1.54, 1.807) is 54.5 Å². The number of hydrogen-bond donors (Lipinski definition) is 5. The summed E-state index contributed by atoms with van der Waals surface area (Å²) in [5, 5.41) is 23.1. The lowest BCUT2D eigenvalue weighted by molar-refractivity contribution is -0.157. The van der Waals surface area contributed by atoms with E-state index in [1.807, 2.05) is 61.5 Å². The molecule has 1 aliphatic heterocycles. The standard InChI is InChI=1S/C62H111N11O12.2CH4/c1-25-27-28-40(15)52(75)51-56(79)65-43(26-2)58(81)67(18)33-48(74)68(19)44(29-34(3)4)55(78)66-49(38(11)12)61(84)69(20)45(30-35(5)6)54(77)63-41(16)53(76)64-42(17)57(80)70(21)46(31-36(7)8)59(82)71(22)47(32-37(9)10)60(83)72(23)50(39(13)14)62(85)73(51)24;;/h25,27,34-47,49-52,75H,26,28-33H2,1-24H3,(H,63,77)(H,64,76)(H,65,79)(H,66,78);2*1H4/b27-25+;;. The monoisotopic (exact) mass is 1230 g/mol. The molecule has 12 atom stereocenters. The molecule has 0 radical (unpaired) electrons. The molecule has 87 heavy (non-hydrogen) atoms. The molecule has 23 nitrogen and oxygen atoms in total. The minimum absolute atomic E-state index is 0. The van der Waals surface area contributed by atoms with Gasteiger partial charge in [-0.15, -0.1) is 0 Å². The zero-order chi connectivity index (χ0) is 66.0. The van der Waals surface area contributed by atoms with Gasteiger partial charge in [-0.3, -0.25) is 52.7 Å². The van der Waals surface area contributed by atoms with Crippen molar-refractivity contribution in [1.82, 2.24) is 55.6 Å². The van der Waals surface area contributed by atoms with E-state index >= 15 is 9.59 Å². The van der Waals surface area contributed by atoms with Gasteiger partial charge in [-0.1, -0.05) is 124 Å². The van der Waals surface area contributed by atoms with Crippen molar-refractivity contribution in [1.29, 1.82) is 0 Å². The second kappa shape index (κ2) is 37.7. The summed E-state index contributed by atoms with van der Waals surface area (Å²) in [4.78, 5) is 169. The predicted molar refractivity (Wildman–Crippen MR) is 342 cm³/mol. The van der Waals surface area contributed by atoms with Gasteiger partial charge in [-0.05, 0) is 101 Å². The summed E-state index contributed by atoms with van der Waals surface area (Å²) < 4.78 is 0. The van der Waals surface area contributed by atoms with Gasteiger partial charge in [0.1, 0.15) is 60.4 Å². The van der Waals surface area contributed by atoms with Crippen LogP contribution in [0.2, 0.25) is 0 Å². The van der Waals surface area contributed by atoms with E-state index in [4.69, 9.17) is 0 Å². The maximum Gasteiger partial charge on any atom is 0.246 e. The molecule has 0 aromatic heterocycles. The van der Waals surface area contributed by atoms with Crippen LogP contribution in [0.3, 0.4) is 0 Å². The second-order valence-electron chi connectivity index (χ2n) is 26.1. The molecule has 0 saturated carbocycles. The number of hydrogen-bond acceptors (Lipinski definition) is 12. The number of rotatable bonds is 15. The number of nitrogens with zero attached hydrogens (tertiary/aromatic N) is 7. The third-order valence-electron chi connectivity index (χ3n) is 16.1. The van der Waals surface area contributed by atoms with Crippen LogP contribution in [0.1, 0.15) is 171 Å². The minimum atomic E-state index is -1.61. The molecule has 502 valence electrons. The summed E-state index contributed by atoms with van der Waals surface area (Å²) in [5.41, 5.74) is 0. The molecule has 1 saturated heterocycles. The normalized spacial score (nSPS) is 26.3. The Hall–Kier alpha value is -6.13. The molecule has 0 aliphatic carbocycles. The number of carbonyl (C=O) groups excluding carboxylic acids is 11. The van der Waals surface area contributed by atoms with Crippen molar-refractivity contribution < 1.29 is 57.8 Å². The van der Waals surface area contributed by atoms with Crippen LogP contribution in [0.5, 0.6) is 0 Å². The van der Waals surface area contributed by atoms with Crippen molar-refractivity contribution in [3.8, 4) is 0 Å². The van der Waals surface area contributed by atoms with E-state index in [-0.39, 0.29) is 70.6 Å². The van der Waals surface area contributed by atoms with Crippen LogP contribution in [0, 0.1) is 41.4 Å². The van der Waals surface area contributed by atoms with Crippen LogP contribution in [0.15, 0.2) is 12.2 Å². The van der Waals surface area contributed by atoms with Gasteiger partial charge in [-0.2, -0.15) is 0 Å². The summed E-state index contributed by atoms with van der Waals surface area (Å²) in [6, 6.07) is -12.3. The summed E-state index contributed by atoms with van der Waals surface area (Å²) in [6.07, 6.45) is 3.04. The van der Waals surface area contributed by atoms with Crippen LogP contribution in [-0.2, 0) is 52.7 Å². The molecule has 23 heteroatoms. The lowest BCUT2D eigenvalue weighted by Crippen LogP contribution is -2.63. The summed E-state index contributed by atoms with van der Waals surface area (Å²) >= 11 is 0. The molecule has 0 aromatic carbocycles. The van der Waals surface area contributed by atoms with E-state index in [0.717, 1.165) is 9.80 Å². The highest BCUT2D eigenvalue weighted by atomic mass is 16.3. The summed E-state index contributed by atoms with van der Waals surface area (Å²) in [6.45, 7) is 29.3. The third-order valence-corrected chi connectivity index (χ3v) is 16.1. The van der Waals surface area contributed by atoms with Gasteiger partial charge in [0, 0.05) is 49.3 Å². The largest absolute Gasteiger partial charge is 0.390 e. The highest BCUT2D eigenvalue weighted by Gasteiger charge is 2.45. The average Bonchev–Trinajstić information content (AvgIpc) is 1.47. The molecule has 0 bridgehead atoms. The Morgan fingerprint density at radius 2 is 0.862 bits per heavy atom. The lowest BCUT2D eigenvalue weighted by atomic mass is 9.91. The van der Waals surface area contributed by atoms with E-state index < -0.39 is 156 Å². The molecular weight excluding hydrogens is 1110 g/mol. The van der Waals surface area contributed by atoms with Gasteiger partial charge >= 0.3 is 0 Å². The molecule has 12 unspecified atom stereocenters. The Morgan fingerprint density at radius 1 is 0.460 bits per heavy atom. The first-order valence-corrected chi connectivity index (χ1v) is 30.6. The topological polar surface area (TPSA) is 279 Å². The number of allylic oxidation sites excluding steroid dienone is 2. The van der Waals surface area contributed by atoms with Crippen LogP contribution < -0.4 is 21.3 Å². The quantitative estimate of drug-likeness (QED) is 0.141. The lowest BCUT2D eigenvalue weighted by Gasteiger charge is -2.41. The molecule has 1 aliphatic rings. The summed E-state index contributed by atoms with van der Waals surface area (Å²) in [7, 11) is 9.92. The molecule has 1 rings (SSSR count). The van der Waals surface area contributed by atoms with Crippen molar-refractivity contribution in [3.63, 3.8) is 0 Å². The smallest absolute Gasteiger partial charge is 0.246 e. The Labute approximate surface area is 523 Å². The van der Waals surface area contributed by atoms with Crippen molar-refractivity contribution in [3.05, 3.63) is 12.2 Å². The molecular formula is C64H119N11O12. The van der Waals surface area contributed by atoms with Gasteiger partial charge in [0.25, 0.3) is 0 Å². The highest BCUT2D eigenvalue weighted by Crippen LogP contribution is 2.26. The molecule has 5 N–H and O–H groups in total. The maximum absolute atomic E-state index is 15.1. The van der Waals surface area contributed by atoms with E-state index in [2.05, 4.69) is 21.3 Å². The van der Waals surface area contributed by atoms with E-state index in [1.165, 1.54) is 87.7 Å². The second-order valence-corrected chi connectivity index (χ2v) is 26.1. The van der Waals surface area contributed by atoms with Gasteiger partial charge in [0.05, 0.1) is 12.6 Å². The Balaban J connectivity index is 0. The van der Waals surface area contributed by atoms with Crippen LogP contribution in [-0.4, -0.2) is 227 Å². The molecule has 0 spiro atoms. The SMILES string of the molecule is C.C.C/C=C/CC(C)C(O)C1C(=O)NC(CC)C(=O)N(C)CC(=O)N(C)C(CC(C)C)C(=O)NC(C(C)C)C(=O)N(C)C(CC(C)C)C(=O)NC(C)C(=O)NC(C)C(=O)N(C)C(CC(C)C)C(=O)N(C)C(CC(C)C)C(=O)N(C)C(C(C)C)C(=O)N1C. The molecule has 0 aromatic rings. The van der Waals surface area contributed by atoms with Crippen LogP contribution >= 0.6 is 0 Å². The van der Waals surface area contributed by atoms with Gasteiger partial charge < -0.3 is 60.7 Å². The predicted octanol–water partition coefficient (Wildman–Crippen LogP) is 4.54. The number of aliphatic hydroxyl groups is 1. The fraction of sp³-hybridized carbons (Fsp3) is 0.797. The Morgan fingerprint density at radius 3 is 1.30 bits per heavy atom. The molecule has 1 fully saturated rings. The first kappa shape index (κ1) is 82.9. The van der Waals surface area contributed by atoms with Crippen molar-refractivity contribution in [2.75, 3.05) is 55.9 Å². The number of carbonyl (C=O) groups is 11.